The highest BCUT2D eigenvalue weighted by Gasteiger charge is 2.46. The molecule has 0 fully saturated rings. The van der Waals surface area contributed by atoms with Crippen molar-refractivity contribution < 1.29 is 4.42 Å². The molecule has 4 heteroatoms. The summed E-state index contributed by atoms with van der Waals surface area (Å²) in [6.07, 6.45) is 0. The fourth-order valence-corrected chi connectivity index (χ4v) is 10.5. The van der Waals surface area contributed by atoms with Crippen LogP contribution in [-0.4, -0.2) is 9.97 Å². The van der Waals surface area contributed by atoms with Crippen LogP contribution in [0.5, 0.6) is 0 Å². The number of furan rings is 1. The molecular weight excluding hydrogens is 737 g/mol. The number of hydrogen-bond acceptors (Lipinski definition) is 4. The molecule has 8 aromatic carbocycles. The third kappa shape index (κ3) is 5.27. The lowest BCUT2D eigenvalue weighted by atomic mass is 9.67. The van der Waals surface area contributed by atoms with Crippen molar-refractivity contribution in [2.24, 2.45) is 0 Å². The first-order valence-electron chi connectivity index (χ1n) is 20.0. The van der Waals surface area contributed by atoms with Crippen LogP contribution in [0.15, 0.2) is 211 Å². The van der Waals surface area contributed by atoms with Gasteiger partial charge in [-0.2, -0.15) is 0 Å². The minimum atomic E-state index is -0.512. The van der Waals surface area contributed by atoms with Gasteiger partial charge in [0, 0.05) is 47.8 Å². The van der Waals surface area contributed by atoms with Crippen molar-refractivity contribution in [3.8, 4) is 56.4 Å². The molecule has 3 nitrogen and oxygen atoms in total. The van der Waals surface area contributed by atoms with Crippen molar-refractivity contribution in [3.05, 3.63) is 229 Å². The Morgan fingerprint density at radius 1 is 0.424 bits per heavy atom. The minimum Gasteiger partial charge on any atom is -0.456 e. The molecule has 0 saturated carbocycles. The molecule has 3 aromatic heterocycles. The van der Waals surface area contributed by atoms with E-state index < -0.39 is 5.41 Å². The third-order valence-corrected chi connectivity index (χ3v) is 13.1. The monoisotopic (exact) mass is 770 g/mol. The Kier molecular flexibility index (Phi) is 7.62. The highest BCUT2D eigenvalue weighted by molar-refractivity contribution is 7.25. The number of nitrogens with zero attached hydrogens (tertiary/aromatic N) is 2. The SMILES string of the molecule is c1ccc(C2(c3ccccc3)c3ccccc3-c3c(-c4cc(-c5ccc(-c6cc7ccccc7o6)cc5)nc(-c5ccc6c(c5)sc5ccccc56)n4)cccc32)cc1. The molecule has 1 aliphatic carbocycles. The van der Waals surface area contributed by atoms with Crippen LogP contribution in [0.4, 0.5) is 0 Å². The average molecular weight is 771 g/mol. The lowest BCUT2D eigenvalue weighted by Crippen LogP contribution is -2.28. The average Bonchev–Trinajstić information content (AvgIpc) is 4.00. The molecule has 3 heterocycles. The Balaban J connectivity index is 1.08. The van der Waals surface area contributed by atoms with Gasteiger partial charge in [-0.25, -0.2) is 9.97 Å². The van der Waals surface area contributed by atoms with Crippen LogP contribution in [0.2, 0.25) is 0 Å². The number of aromatic nitrogens is 2. The number of fused-ring (bicyclic) bond motifs is 7. The highest BCUT2D eigenvalue weighted by Crippen LogP contribution is 2.58. The van der Waals surface area contributed by atoms with Crippen molar-refractivity contribution in [2.75, 3.05) is 0 Å². The Labute approximate surface area is 345 Å². The normalized spacial score (nSPS) is 12.9. The van der Waals surface area contributed by atoms with Gasteiger partial charge in [-0.15, -0.1) is 11.3 Å². The second-order valence-electron chi connectivity index (χ2n) is 15.3. The van der Waals surface area contributed by atoms with Gasteiger partial charge in [0.15, 0.2) is 5.82 Å². The van der Waals surface area contributed by atoms with E-state index in [9.17, 15) is 0 Å². The van der Waals surface area contributed by atoms with E-state index in [1.807, 2.05) is 29.5 Å². The van der Waals surface area contributed by atoms with E-state index in [0.717, 1.165) is 50.4 Å². The zero-order chi connectivity index (χ0) is 38.9. The van der Waals surface area contributed by atoms with E-state index in [0.29, 0.717) is 5.82 Å². The summed E-state index contributed by atoms with van der Waals surface area (Å²) in [6, 6.07) is 73.8. The molecule has 0 bridgehead atoms. The van der Waals surface area contributed by atoms with Crippen LogP contribution in [0.3, 0.4) is 0 Å². The van der Waals surface area contributed by atoms with E-state index in [4.69, 9.17) is 14.4 Å². The minimum absolute atomic E-state index is 0.512. The highest BCUT2D eigenvalue weighted by atomic mass is 32.1. The molecule has 59 heavy (non-hydrogen) atoms. The van der Waals surface area contributed by atoms with Crippen molar-refractivity contribution >= 4 is 42.5 Å². The summed E-state index contributed by atoms with van der Waals surface area (Å²) in [4.78, 5) is 10.8. The maximum absolute atomic E-state index is 6.24. The molecule has 0 atom stereocenters. The molecule has 0 amide bonds. The molecule has 0 unspecified atom stereocenters. The lowest BCUT2D eigenvalue weighted by Gasteiger charge is -2.33. The number of thiophene rings is 1. The Morgan fingerprint density at radius 2 is 1.05 bits per heavy atom. The van der Waals surface area contributed by atoms with Crippen molar-refractivity contribution in [3.63, 3.8) is 0 Å². The molecule has 1 aliphatic rings. The molecular formula is C55H34N2OS. The van der Waals surface area contributed by atoms with Gasteiger partial charge in [0.1, 0.15) is 11.3 Å². The summed E-state index contributed by atoms with van der Waals surface area (Å²) < 4.78 is 8.74. The van der Waals surface area contributed by atoms with Gasteiger partial charge in [-0.05, 0) is 63.7 Å². The molecule has 0 N–H and O–H groups in total. The molecule has 0 spiro atoms. The van der Waals surface area contributed by atoms with Crippen LogP contribution in [0, 0.1) is 0 Å². The smallest absolute Gasteiger partial charge is 0.160 e. The van der Waals surface area contributed by atoms with E-state index in [2.05, 4.69) is 188 Å². The fourth-order valence-electron chi connectivity index (χ4n) is 9.36. The number of rotatable bonds is 6. The van der Waals surface area contributed by atoms with E-state index in [1.54, 1.807) is 0 Å². The second-order valence-corrected chi connectivity index (χ2v) is 16.3. The van der Waals surface area contributed by atoms with Gasteiger partial charge < -0.3 is 4.42 Å². The fraction of sp³-hybridized carbons (Fsp3) is 0.0182. The summed E-state index contributed by atoms with van der Waals surface area (Å²) >= 11 is 1.81. The first kappa shape index (κ1) is 33.7. The predicted molar refractivity (Wildman–Crippen MR) is 244 cm³/mol. The molecule has 0 saturated heterocycles. The first-order valence-corrected chi connectivity index (χ1v) is 20.8. The lowest BCUT2D eigenvalue weighted by molar-refractivity contribution is 0.631. The number of benzene rings is 8. The van der Waals surface area contributed by atoms with E-state index in [-0.39, 0.29) is 0 Å². The quantitative estimate of drug-likeness (QED) is 0.169. The molecule has 0 radical (unpaired) electrons. The largest absolute Gasteiger partial charge is 0.456 e. The Morgan fingerprint density at radius 3 is 1.86 bits per heavy atom. The zero-order valence-corrected chi connectivity index (χ0v) is 32.7. The summed E-state index contributed by atoms with van der Waals surface area (Å²) in [5.41, 5.74) is 13.6. The van der Waals surface area contributed by atoms with E-state index >= 15 is 0 Å². The first-order chi connectivity index (χ1) is 29.2. The maximum Gasteiger partial charge on any atom is 0.160 e. The van der Waals surface area contributed by atoms with Crippen LogP contribution in [0.1, 0.15) is 22.3 Å². The second kappa shape index (κ2) is 13.3. The standard InChI is InChI=1S/C55H34N2OS/c1-3-15-39(16-4-1)55(40-17-5-2-6-18-40)45-22-10-8-20-43(45)53-44(21-13-23-46(53)55)48-34-47(35-26-28-36(29-27-35)50-32-37-14-7-11-24-49(37)58-50)56-54(57-48)38-30-31-42-41-19-9-12-25-51(41)59-52(42)33-38/h1-34H. The summed E-state index contributed by atoms with van der Waals surface area (Å²) in [5, 5.41) is 3.62. The van der Waals surface area contributed by atoms with Gasteiger partial charge in [0.2, 0.25) is 0 Å². The van der Waals surface area contributed by atoms with Crippen molar-refractivity contribution in [1.82, 2.24) is 9.97 Å². The number of para-hydroxylation sites is 1. The van der Waals surface area contributed by atoms with Gasteiger partial charge >= 0.3 is 0 Å². The van der Waals surface area contributed by atoms with Gasteiger partial charge in [-0.3, -0.25) is 0 Å². The summed E-state index contributed by atoms with van der Waals surface area (Å²) in [7, 11) is 0. The topological polar surface area (TPSA) is 38.9 Å². The van der Waals surface area contributed by atoms with Gasteiger partial charge in [0.25, 0.3) is 0 Å². The molecule has 0 aliphatic heterocycles. The maximum atomic E-state index is 6.24. The number of hydrogen-bond donors (Lipinski definition) is 0. The van der Waals surface area contributed by atoms with Crippen LogP contribution < -0.4 is 0 Å². The van der Waals surface area contributed by atoms with Crippen LogP contribution >= 0.6 is 11.3 Å². The van der Waals surface area contributed by atoms with E-state index in [1.165, 1.54) is 53.6 Å². The predicted octanol–water partition coefficient (Wildman–Crippen LogP) is 14.6. The molecule has 12 rings (SSSR count). The van der Waals surface area contributed by atoms with Gasteiger partial charge in [-0.1, -0.05) is 176 Å². The third-order valence-electron chi connectivity index (χ3n) is 12.0. The van der Waals surface area contributed by atoms with Crippen LogP contribution in [-0.2, 0) is 5.41 Å². The molecule has 276 valence electrons. The zero-order valence-electron chi connectivity index (χ0n) is 31.8. The summed E-state index contributed by atoms with van der Waals surface area (Å²) in [5.74, 6) is 1.54. The van der Waals surface area contributed by atoms with Gasteiger partial charge in [0.05, 0.1) is 16.8 Å². The molecule has 11 aromatic rings. The Bertz CT molecular complexity index is 3310. The summed E-state index contributed by atoms with van der Waals surface area (Å²) in [6.45, 7) is 0. The Hall–Kier alpha value is -7.40. The van der Waals surface area contributed by atoms with Crippen molar-refractivity contribution in [2.45, 2.75) is 5.41 Å². The van der Waals surface area contributed by atoms with Crippen LogP contribution in [0.25, 0.3) is 87.5 Å². The van der Waals surface area contributed by atoms with Crippen molar-refractivity contribution in [1.29, 1.82) is 0 Å².